The Kier molecular flexibility index (Phi) is 6.36. The first-order chi connectivity index (χ1) is 8.58. The van der Waals surface area contributed by atoms with Crippen molar-refractivity contribution in [3.8, 4) is 0 Å². The van der Waals surface area contributed by atoms with E-state index in [1.807, 2.05) is 6.08 Å². The summed E-state index contributed by atoms with van der Waals surface area (Å²) < 4.78 is 5.36. The summed E-state index contributed by atoms with van der Waals surface area (Å²) in [5.74, 6) is 0.0898. The van der Waals surface area contributed by atoms with Crippen molar-refractivity contribution in [2.45, 2.75) is 39.2 Å². The summed E-state index contributed by atoms with van der Waals surface area (Å²) in [5, 5.41) is 6.24. The summed E-state index contributed by atoms with van der Waals surface area (Å²) in [7, 11) is 0. The molecule has 1 amide bonds. The summed E-state index contributed by atoms with van der Waals surface area (Å²) in [6, 6.07) is -0.0839. The number of amides is 1. The topological polar surface area (TPSA) is 50.4 Å². The molecule has 0 aliphatic carbocycles. The second-order valence-corrected chi connectivity index (χ2v) is 5.46. The molecule has 104 valence electrons. The SMILES string of the molecule is C=CCCOCCNC(=O)C1NCCCC1(C)C. The average Bonchev–Trinajstić information content (AvgIpc) is 2.32. The molecule has 0 bridgehead atoms. The molecule has 1 aliphatic heterocycles. The maximum Gasteiger partial charge on any atom is 0.237 e. The minimum Gasteiger partial charge on any atom is -0.379 e. The molecule has 0 aromatic carbocycles. The van der Waals surface area contributed by atoms with Crippen LogP contribution in [0.25, 0.3) is 0 Å². The van der Waals surface area contributed by atoms with Crippen LogP contribution in [0.15, 0.2) is 12.7 Å². The number of nitrogens with one attached hydrogen (secondary N) is 2. The predicted octanol–water partition coefficient (Wildman–Crippen LogP) is 1.47. The fourth-order valence-corrected chi connectivity index (χ4v) is 2.28. The van der Waals surface area contributed by atoms with Gasteiger partial charge in [0.1, 0.15) is 0 Å². The summed E-state index contributed by atoms with van der Waals surface area (Å²) in [6.07, 6.45) is 4.91. The number of hydrogen-bond acceptors (Lipinski definition) is 3. The van der Waals surface area contributed by atoms with Crippen LogP contribution < -0.4 is 10.6 Å². The number of carbonyl (C=O) groups excluding carboxylic acids is 1. The minimum absolute atomic E-state index is 0.0338. The van der Waals surface area contributed by atoms with Crippen molar-refractivity contribution < 1.29 is 9.53 Å². The van der Waals surface area contributed by atoms with Crippen LogP contribution >= 0.6 is 0 Å². The van der Waals surface area contributed by atoms with Gasteiger partial charge in [-0.25, -0.2) is 0 Å². The van der Waals surface area contributed by atoms with E-state index in [0.717, 1.165) is 25.8 Å². The molecule has 4 nitrogen and oxygen atoms in total. The maximum absolute atomic E-state index is 12.1. The van der Waals surface area contributed by atoms with Gasteiger partial charge in [-0.15, -0.1) is 6.58 Å². The van der Waals surface area contributed by atoms with Crippen molar-refractivity contribution in [1.82, 2.24) is 10.6 Å². The molecule has 1 saturated heterocycles. The van der Waals surface area contributed by atoms with E-state index in [4.69, 9.17) is 4.74 Å². The molecule has 0 spiro atoms. The summed E-state index contributed by atoms with van der Waals surface area (Å²) >= 11 is 0. The lowest BCUT2D eigenvalue weighted by atomic mass is 9.77. The zero-order valence-electron chi connectivity index (χ0n) is 11.6. The van der Waals surface area contributed by atoms with Gasteiger partial charge in [0.25, 0.3) is 0 Å². The number of carbonyl (C=O) groups is 1. The molecular weight excluding hydrogens is 228 g/mol. The average molecular weight is 254 g/mol. The molecule has 2 N–H and O–H groups in total. The lowest BCUT2D eigenvalue weighted by molar-refractivity contribution is -0.127. The lowest BCUT2D eigenvalue weighted by Crippen LogP contribution is -2.55. The number of rotatable bonds is 7. The van der Waals surface area contributed by atoms with Gasteiger partial charge in [0, 0.05) is 6.54 Å². The predicted molar refractivity (Wildman–Crippen MR) is 73.4 cm³/mol. The number of hydrogen-bond donors (Lipinski definition) is 2. The van der Waals surface area contributed by atoms with E-state index < -0.39 is 0 Å². The Morgan fingerprint density at radius 1 is 1.56 bits per heavy atom. The largest absolute Gasteiger partial charge is 0.379 e. The number of piperidine rings is 1. The summed E-state index contributed by atoms with van der Waals surface area (Å²) in [6.45, 7) is 10.6. The molecule has 1 aliphatic rings. The van der Waals surface area contributed by atoms with Gasteiger partial charge in [0.05, 0.1) is 19.3 Å². The van der Waals surface area contributed by atoms with Crippen LogP contribution in [0.1, 0.15) is 33.1 Å². The third-order valence-corrected chi connectivity index (χ3v) is 3.40. The van der Waals surface area contributed by atoms with Gasteiger partial charge < -0.3 is 15.4 Å². The van der Waals surface area contributed by atoms with E-state index in [1.54, 1.807) is 0 Å². The Labute approximate surface area is 110 Å². The highest BCUT2D eigenvalue weighted by Gasteiger charge is 2.36. The van der Waals surface area contributed by atoms with E-state index in [-0.39, 0.29) is 17.4 Å². The van der Waals surface area contributed by atoms with E-state index >= 15 is 0 Å². The third kappa shape index (κ3) is 4.78. The number of ether oxygens (including phenoxy) is 1. The second-order valence-electron chi connectivity index (χ2n) is 5.46. The van der Waals surface area contributed by atoms with Crippen molar-refractivity contribution in [1.29, 1.82) is 0 Å². The van der Waals surface area contributed by atoms with Gasteiger partial charge >= 0.3 is 0 Å². The van der Waals surface area contributed by atoms with Gasteiger partial charge in [0.15, 0.2) is 0 Å². The van der Waals surface area contributed by atoms with Crippen LogP contribution in [0.3, 0.4) is 0 Å². The van der Waals surface area contributed by atoms with E-state index in [0.29, 0.717) is 19.8 Å². The molecule has 1 heterocycles. The molecule has 18 heavy (non-hydrogen) atoms. The molecular formula is C14H26N2O2. The minimum atomic E-state index is -0.0839. The molecule has 4 heteroatoms. The van der Waals surface area contributed by atoms with Gasteiger partial charge in [-0.2, -0.15) is 0 Å². The Morgan fingerprint density at radius 3 is 3.00 bits per heavy atom. The molecule has 0 aromatic heterocycles. The highest BCUT2D eigenvalue weighted by molar-refractivity contribution is 5.82. The fraction of sp³-hybridized carbons (Fsp3) is 0.786. The first-order valence-electron chi connectivity index (χ1n) is 6.77. The smallest absolute Gasteiger partial charge is 0.237 e. The van der Waals surface area contributed by atoms with Crippen LogP contribution in [-0.2, 0) is 9.53 Å². The summed E-state index contributed by atoms with van der Waals surface area (Å²) in [4.78, 5) is 12.1. The van der Waals surface area contributed by atoms with E-state index in [9.17, 15) is 4.79 Å². The Bertz CT molecular complexity index is 277. The highest BCUT2D eigenvalue weighted by atomic mass is 16.5. The van der Waals surface area contributed by atoms with E-state index in [2.05, 4.69) is 31.1 Å². The van der Waals surface area contributed by atoms with Crippen molar-refractivity contribution in [2.24, 2.45) is 5.41 Å². The zero-order valence-corrected chi connectivity index (χ0v) is 11.6. The molecule has 1 unspecified atom stereocenters. The van der Waals surface area contributed by atoms with Gasteiger partial charge in [0.2, 0.25) is 5.91 Å². The standard InChI is InChI=1S/C14H26N2O2/c1-4-5-10-18-11-9-16-13(17)12-14(2,3)7-6-8-15-12/h4,12,15H,1,5-11H2,2-3H3,(H,16,17). The zero-order chi connectivity index (χ0) is 13.4. The molecule has 1 fully saturated rings. The lowest BCUT2D eigenvalue weighted by Gasteiger charge is -2.38. The maximum atomic E-state index is 12.1. The molecule has 0 radical (unpaired) electrons. The third-order valence-electron chi connectivity index (χ3n) is 3.40. The molecule has 0 saturated carbocycles. The normalized spacial score (nSPS) is 22.4. The van der Waals surface area contributed by atoms with Crippen LogP contribution in [0.5, 0.6) is 0 Å². The Balaban J connectivity index is 2.21. The van der Waals surface area contributed by atoms with Gasteiger partial charge in [-0.3, -0.25) is 4.79 Å². The summed E-state index contributed by atoms with van der Waals surface area (Å²) in [5.41, 5.74) is 0.0338. The highest BCUT2D eigenvalue weighted by Crippen LogP contribution is 2.29. The quantitative estimate of drug-likeness (QED) is 0.534. The van der Waals surface area contributed by atoms with Crippen LogP contribution in [0.2, 0.25) is 0 Å². The molecule has 1 atom stereocenters. The second kappa shape index (κ2) is 7.54. The van der Waals surface area contributed by atoms with E-state index in [1.165, 1.54) is 0 Å². The fourth-order valence-electron chi connectivity index (χ4n) is 2.28. The first kappa shape index (κ1) is 15.2. The van der Waals surface area contributed by atoms with Gasteiger partial charge in [-0.05, 0) is 31.2 Å². The van der Waals surface area contributed by atoms with Gasteiger partial charge in [-0.1, -0.05) is 19.9 Å². The van der Waals surface area contributed by atoms with Crippen molar-refractivity contribution in [3.05, 3.63) is 12.7 Å². The van der Waals surface area contributed by atoms with Crippen molar-refractivity contribution in [3.63, 3.8) is 0 Å². The van der Waals surface area contributed by atoms with Crippen LogP contribution in [0, 0.1) is 5.41 Å². The first-order valence-corrected chi connectivity index (χ1v) is 6.77. The molecule has 1 rings (SSSR count). The van der Waals surface area contributed by atoms with Crippen LogP contribution in [0.4, 0.5) is 0 Å². The molecule has 0 aromatic rings. The van der Waals surface area contributed by atoms with Crippen LogP contribution in [-0.4, -0.2) is 38.3 Å². The monoisotopic (exact) mass is 254 g/mol. The van der Waals surface area contributed by atoms with Crippen molar-refractivity contribution >= 4 is 5.91 Å². The Morgan fingerprint density at radius 2 is 2.33 bits per heavy atom. The Hall–Kier alpha value is -0.870. The van der Waals surface area contributed by atoms with Crippen molar-refractivity contribution in [2.75, 3.05) is 26.3 Å².